The summed E-state index contributed by atoms with van der Waals surface area (Å²) >= 11 is 0. The van der Waals surface area contributed by atoms with Crippen molar-refractivity contribution in [1.29, 1.82) is 0 Å². The number of carbonyl (C=O) groups is 2. The zero-order valence-corrected chi connectivity index (χ0v) is 19.0. The van der Waals surface area contributed by atoms with Gasteiger partial charge in [0.1, 0.15) is 11.5 Å². The minimum Gasteiger partial charge on any atom is -0.372 e. The first kappa shape index (κ1) is 21.9. The Hall–Kier alpha value is -3.93. The van der Waals surface area contributed by atoms with Gasteiger partial charge in [0.2, 0.25) is 0 Å². The number of piperidine rings is 1. The van der Waals surface area contributed by atoms with Crippen LogP contribution >= 0.6 is 0 Å². The molecule has 2 aliphatic rings. The van der Waals surface area contributed by atoms with Crippen molar-refractivity contribution < 1.29 is 14.0 Å². The summed E-state index contributed by atoms with van der Waals surface area (Å²) in [4.78, 5) is 30.3. The molecule has 1 saturated heterocycles. The number of rotatable bonds is 5. The van der Waals surface area contributed by atoms with Crippen LogP contribution in [0.5, 0.6) is 0 Å². The van der Waals surface area contributed by atoms with E-state index in [0.717, 1.165) is 29.6 Å². The first-order valence-corrected chi connectivity index (χ1v) is 11.6. The zero-order chi connectivity index (χ0) is 23.7. The largest absolute Gasteiger partial charge is 0.372 e. The molecule has 0 spiro atoms. The summed E-state index contributed by atoms with van der Waals surface area (Å²) in [5.41, 5.74) is 3.23. The fourth-order valence-electron chi connectivity index (χ4n) is 4.51. The number of carbonyl (C=O) groups excluding carboxylic acids is 2. The van der Waals surface area contributed by atoms with Gasteiger partial charge in [-0.05, 0) is 72.9 Å². The highest BCUT2D eigenvalue weighted by molar-refractivity contribution is 6.46. The monoisotopic (exact) mass is 455 g/mol. The summed E-state index contributed by atoms with van der Waals surface area (Å²) in [5.74, 6) is -0.528. The molecule has 1 N–H and O–H groups in total. The number of imide groups is 1. The molecule has 0 unspecified atom stereocenters. The lowest BCUT2D eigenvalue weighted by Gasteiger charge is -2.32. The molecule has 6 heteroatoms. The van der Waals surface area contributed by atoms with Gasteiger partial charge in [-0.1, -0.05) is 37.3 Å². The number of benzene rings is 3. The molecule has 0 atom stereocenters. The average Bonchev–Trinajstić information content (AvgIpc) is 3.10. The van der Waals surface area contributed by atoms with Gasteiger partial charge in [-0.15, -0.1) is 0 Å². The Morgan fingerprint density at radius 2 is 1.44 bits per heavy atom. The van der Waals surface area contributed by atoms with E-state index >= 15 is 0 Å². The minimum atomic E-state index is -0.440. The molecule has 0 saturated carbocycles. The number of para-hydroxylation sites is 1. The number of anilines is 3. The van der Waals surface area contributed by atoms with E-state index in [2.05, 4.69) is 17.1 Å². The van der Waals surface area contributed by atoms with E-state index in [4.69, 9.17) is 0 Å². The lowest BCUT2D eigenvalue weighted by Crippen LogP contribution is -2.32. The number of nitrogens with one attached hydrogen (secondary N) is 1. The quantitative estimate of drug-likeness (QED) is 0.519. The molecule has 0 aromatic heterocycles. The molecule has 0 aliphatic carbocycles. The fraction of sp³-hybridized carbons (Fsp3) is 0.214. The molecule has 0 radical (unpaired) electrons. The molecule has 34 heavy (non-hydrogen) atoms. The molecule has 2 aliphatic heterocycles. The number of hydrogen-bond acceptors (Lipinski definition) is 4. The van der Waals surface area contributed by atoms with Crippen LogP contribution in [0.2, 0.25) is 0 Å². The van der Waals surface area contributed by atoms with Gasteiger partial charge in [0.25, 0.3) is 11.8 Å². The summed E-state index contributed by atoms with van der Waals surface area (Å²) in [6, 6.07) is 22.3. The van der Waals surface area contributed by atoms with Gasteiger partial charge >= 0.3 is 0 Å². The van der Waals surface area contributed by atoms with Gasteiger partial charge in [-0.3, -0.25) is 9.59 Å². The molecule has 2 amide bonds. The Morgan fingerprint density at radius 3 is 2.09 bits per heavy atom. The molecule has 3 aromatic rings. The molecule has 0 bridgehead atoms. The van der Waals surface area contributed by atoms with E-state index in [-0.39, 0.29) is 11.3 Å². The third kappa shape index (κ3) is 4.19. The zero-order valence-electron chi connectivity index (χ0n) is 19.0. The second kappa shape index (κ2) is 9.14. The van der Waals surface area contributed by atoms with Crippen molar-refractivity contribution in [3.63, 3.8) is 0 Å². The van der Waals surface area contributed by atoms with E-state index in [1.165, 1.54) is 37.1 Å². The van der Waals surface area contributed by atoms with Crippen LogP contribution in [-0.2, 0) is 9.59 Å². The summed E-state index contributed by atoms with van der Waals surface area (Å²) in [7, 11) is 0. The van der Waals surface area contributed by atoms with Crippen LogP contribution < -0.4 is 15.1 Å². The molecule has 5 nitrogen and oxygen atoms in total. The van der Waals surface area contributed by atoms with E-state index in [1.807, 2.05) is 30.3 Å². The van der Waals surface area contributed by atoms with Gasteiger partial charge in [-0.2, -0.15) is 0 Å². The van der Waals surface area contributed by atoms with Crippen LogP contribution in [0.1, 0.15) is 25.3 Å². The third-order valence-corrected chi connectivity index (χ3v) is 6.52. The van der Waals surface area contributed by atoms with Gasteiger partial charge in [0, 0.05) is 24.5 Å². The van der Waals surface area contributed by atoms with Crippen molar-refractivity contribution in [3.05, 3.63) is 95.9 Å². The maximum Gasteiger partial charge on any atom is 0.282 e. The van der Waals surface area contributed by atoms with E-state index in [1.54, 1.807) is 24.3 Å². The van der Waals surface area contributed by atoms with Crippen molar-refractivity contribution in [1.82, 2.24) is 0 Å². The van der Waals surface area contributed by atoms with Gasteiger partial charge in [0.05, 0.1) is 11.3 Å². The first-order chi connectivity index (χ1) is 16.5. The maximum absolute atomic E-state index is 13.5. The molecule has 172 valence electrons. The van der Waals surface area contributed by atoms with Crippen LogP contribution in [0.3, 0.4) is 0 Å². The van der Waals surface area contributed by atoms with Gasteiger partial charge in [0.15, 0.2) is 0 Å². The number of nitrogens with zero attached hydrogens (tertiary/aromatic N) is 2. The normalized spacial score (nSPS) is 17.0. The fourth-order valence-corrected chi connectivity index (χ4v) is 4.51. The predicted molar refractivity (Wildman–Crippen MR) is 133 cm³/mol. The summed E-state index contributed by atoms with van der Waals surface area (Å²) in [6.07, 6.45) is 2.36. The Kier molecular flexibility index (Phi) is 5.88. The summed E-state index contributed by atoms with van der Waals surface area (Å²) < 4.78 is 13.5. The van der Waals surface area contributed by atoms with Crippen LogP contribution in [-0.4, -0.2) is 24.9 Å². The van der Waals surface area contributed by atoms with Gasteiger partial charge in [-0.25, -0.2) is 9.29 Å². The van der Waals surface area contributed by atoms with Crippen LogP contribution in [0.4, 0.5) is 21.5 Å². The van der Waals surface area contributed by atoms with Crippen molar-refractivity contribution in [2.24, 2.45) is 5.92 Å². The lowest BCUT2D eigenvalue weighted by atomic mass is 9.99. The van der Waals surface area contributed by atoms with Crippen molar-refractivity contribution in [3.8, 4) is 0 Å². The number of halogens is 1. The Balaban J connectivity index is 1.47. The highest BCUT2D eigenvalue weighted by atomic mass is 19.1. The van der Waals surface area contributed by atoms with Crippen molar-refractivity contribution in [2.75, 3.05) is 28.2 Å². The van der Waals surface area contributed by atoms with Gasteiger partial charge < -0.3 is 10.2 Å². The molecule has 1 fully saturated rings. The van der Waals surface area contributed by atoms with Crippen LogP contribution in [0, 0.1) is 11.7 Å². The molecular weight excluding hydrogens is 429 g/mol. The van der Waals surface area contributed by atoms with Crippen molar-refractivity contribution in [2.45, 2.75) is 19.8 Å². The van der Waals surface area contributed by atoms with E-state index < -0.39 is 17.6 Å². The van der Waals surface area contributed by atoms with E-state index in [0.29, 0.717) is 16.9 Å². The second-order valence-corrected chi connectivity index (χ2v) is 8.88. The number of hydrogen-bond donors (Lipinski definition) is 1. The SMILES string of the molecule is CC1CCN(c2ccc(NC3=C(c4ccc(F)cc4)C(=O)N(c4ccccc4)C3=O)cc2)CC1. The predicted octanol–water partition coefficient (Wildman–Crippen LogP) is 5.46. The molecule has 2 heterocycles. The standard InChI is InChI=1S/C28H26FN3O2/c1-19-15-17-31(18-16-19)23-13-11-22(12-14-23)30-26-25(20-7-9-21(29)10-8-20)27(33)32(28(26)34)24-5-3-2-4-6-24/h2-14,19,30H,15-18H2,1H3. The third-order valence-electron chi connectivity index (χ3n) is 6.52. The minimum absolute atomic E-state index is 0.181. The summed E-state index contributed by atoms with van der Waals surface area (Å²) in [5, 5.41) is 3.18. The lowest BCUT2D eigenvalue weighted by molar-refractivity contribution is -0.120. The van der Waals surface area contributed by atoms with Crippen LogP contribution in [0.15, 0.2) is 84.6 Å². The Labute approximate surface area is 198 Å². The highest BCUT2D eigenvalue weighted by Crippen LogP contribution is 2.34. The molecule has 5 rings (SSSR count). The van der Waals surface area contributed by atoms with E-state index in [9.17, 15) is 14.0 Å². The molecule has 3 aromatic carbocycles. The molecular formula is C28H26FN3O2. The smallest absolute Gasteiger partial charge is 0.282 e. The number of amides is 2. The van der Waals surface area contributed by atoms with Crippen LogP contribution in [0.25, 0.3) is 5.57 Å². The highest BCUT2D eigenvalue weighted by Gasteiger charge is 2.40. The topological polar surface area (TPSA) is 52.7 Å². The maximum atomic E-state index is 13.5. The average molecular weight is 456 g/mol. The Bertz CT molecular complexity index is 1230. The van der Waals surface area contributed by atoms with Crippen molar-refractivity contribution >= 4 is 34.4 Å². The summed E-state index contributed by atoms with van der Waals surface area (Å²) in [6.45, 7) is 4.36. The Morgan fingerprint density at radius 1 is 0.794 bits per heavy atom. The second-order valence-electron chi connectivity index (χ2n) is 8.88. The first-order valence-electron chi connectivity index (χ1n) is 11.6.